The van der Waals surface area contributed by atoms with Gasteiger partial charge in [-0.25, -0.2) is 0 Å². The van der Waals surface area contributed by atoms with Gasteiger partial charge in [-0.15, -0.1) is 0 Å². The maximum atomic E-state index is 6.04. The van der Waals surface area contributed by atoms with Crippen LogP contribution in [-0.4, -0.2) is 9.13 Å². The molecule has 0 saturated carbocycles. The fourth-order valence-corrected chi connectivity index (χ4v) is 19.8. The molecule has 22 aromatic rings. The molecule has 2 aromatic heterocycles. The number of halogens is 1. The zero-order valence-electron chi connectivity index (χ0n) is 67.4. The molecule has 0 amide bonds. The van der Waals surface area contributed by atoms with Crippen molar-refractivity contribution in [1.29, 1.82) is 0 Å². The maximum Gasteiger partial charge on any atom is 0.0714 e. The topological polar surface area (TPSA) is 25.1 Å². The standard InChI is InChI=1S/C59H40N2.C35H25N.C24H16ClN.CH4/c1-5-19-45(20-6-1)59(46-21-7-2-8-22-46)55-39-43-18-14-13-17-42(43)37-53(55)51-35-34-50(40-56(51)59)60(47-23-9-3-10-24-47)49-32-29-41(30-33-49)44-31-36-58-54(38-44)52-27-15-16-28-57(52)61(58)48-25-11-4-12-26-48;1-4-14-27(15-5-1)35(28-16-6-2-7-17-28)33-23-26-13-11-10-12-25(26)22-32(33)31-21-20-30(24-34(31)35)36-29-18-8-3-9-19-29;25-19-13-10-17(11-14-19)18-12-15-24-22(16-18)21-8-4-5-9-23(21)26(24)20-6-2-1-3-7-20;/h1-40H;1-24,36H;1-16H;1H4. The summed E-state index contributed by atoms with van der Waals surface area (Å²) in [6.45, 7) is 0. The minimum atomic E-state index is -0.526. The van der Waals surface area contributed by atoms with Gasteiger partial charge in [0.1, 0.15) is 0 Å². The van der Waals surface area contributed by atoms with Crippen molar-refractivity contribution >= 4 is 105 Å². The lowest BCUT2D eigenvalue weighted by Gasteiger charge is -2.35. The van der Waals surface area contributed by atoms with Crippen molar-refractivity contribution in [3.8, 4) is 55.9 Å². The number of benzene rings is 20. The number of nitrogens with one attached hydrogen (secondary N) is 1. The van der Waals surface area contributed by atoms with E-state index in [-0.39, 0.29) is 7.43 Å². The Kier molecular flexibility index (Phi) is 19.7. The second-order valence-corrected chi connectivity index (χ2v) is 32.4. The van der Waals surface area contributed by atoms with Gasteiger partial charge in [-0.3, -0.25) is 0 Å². The Hall–Kier alpha value is -15.6. The third kappa shape index (κ3) is 13.1. The number of hydrogen-bond donors (Lipinski definition) is 1. The van der Waals surface area contributed by atoms with Crippen molar-refractivity contribution in [2.24, 2.45) is 0 Å². The summed E-state index contributed by atoms with van der Waals surface area (Å²) in [5.74, 6) is 0. The molecule has 2 aliphatic carbocycles. The molecule has 0 atom stereocenters. The molecule has 0 bridgehead atoms. The summed E-state index contributed by atoms with van der Waals surface area (Å²) in [4.78, 5) is 2.40. The minimum absolute atomic E-state index is 0. The van der Waals surface area contributed by atoms with Gasteiger partial charge in [0.15, 0.2) is 0 Å². The summed E-state index contributed by atoms with van der Waals surface area (Å²) in [6.07, 6.45) is 0. The van der Waals surface area contributed by atoms with E-state index in [2.05, 4.69) is 486 Å². The third-order valence-corrected chi connectivity index (χ3v) is 25.4. The third-order valence-electron chi connectivity index (χ3n) is 25.2. The average molecular weight is 1610 g/mol. The van der Waals surface area contributed by atoms with Gasteiger partial charge in [-0.05, 0) is 268 Å². The predicted octanol–water partition coefficient (Wildman–Crippen LogP) is 32.1. The van der Waals surface area contributed by atoms with Crippen LogP contribution in [0.25, 0.3) is 121 Å². The average Bonchev–Trinajstić information content (AvgIpc) is 1.53. The van der Waals surface area contributed by atoms with E-state index in [1.165, 1.54) is 166 Å². The number of para-hydroxylation sites is 6. The lowest BCUT2D eigenvalue weighted by atomic mass is 9.67. The molecule has 0 saturated heterocycles. The van der Waals surface area contributed by atoms with E-state index in [0.717, 1.165) is 33.5 Å². The van der Waals surface area contributed by atoms with Gasteiger partial charge in [0.2, 0.25) is 0 Å². The molecule has 2 aliphatic rings. The molecule has 0 radical (unpaired) electrons. The molecule has 588 valence electrons. The minimum Gasteiger partial charge on any atom is -0.356 e. The first-order chi connectivity index (χ1) is 60.9. The Labute approximate surface area is 728 Å². The Morgan fingerprint density at radius 1 is 0.218 bits per heavy atom. The van der Waals surface area contributed by atoms with Gasteiger partial charge < -0.3 is 19.4 Å². The summed E-state index contributed by atoms with van der Waals surface area (Å²) in [5, 5.41) is 14.5. The van der Waals surface area contributed by atoms with Crippen LogP contribution in [0.15, 0.2) is 485 Å². The van der Waals surface area contributed by atoms with Gasteiger partial charge in [0.05, 0.1) is 32.9 Å². The van der Waals surface area contributed by atoms with Crippen molar-refractivity contribution in [1.82, 2.24) is 9.13 Å². The highest BCUT2D eigenvalue weighted by molar-refractivity contribution is 6.30. The van der Waals surface area contributed by atoms with Gasteiger partial charge in [0.25, 0.3) is 0 Å². The number of aromatic nitrogens is 2. The van der Waals surface area contributed by atoms with Crippen LogP contribution in [-0.2, 0) is 10.8 Å². The van der Waals surface area contributed by atoms with Crippen molar-refractivity contribution in [3.05, 3.63) is 535 Å². The number of anilines is 5. The first kappa shape index (κ1) is 75.9. The fourth-order valence-electron chi connectivity index (χ4n) is 19.7. The first-order valence-corrected chi connectivity index (χ1v) is 42.6. The Bertz CT molecular complexity index is 7590. The van der Waals surface area contributed by atoms with Crippen LogP contribution in [0, 0.1) is 0 Å². The molecule has 24 rings (SSSR count). The Morgan fingerprint density at radius 2 is 0.540 bits per heavy atom. The molecule has 4 nitrogen and oxygen atoms in total. The van der Waals surface area contributed by atoms with Crippen molar-refractivity contribution in [3.63, 3.8) is 0 Å². The Morgan fingerprint density at radius 3 is 0.984 bits per heavy atom. The summed E-state index contributed by atoms with van der Waals surface area (Å²) >= 11 is 6.04. The second-order valence-electron chi connectivity index (χ2n) is 32.0. The molecule has 0 spiro atoms. The van der Waals surface area contributed by atoms with E-state index in [0.29, 0.717) is 0 Å². The molecule has 0 fully saturated rings. The molecule has 20 aromatic carbocycles. The van der Waals surface area contributed by atoms with Crippen LogP contribution in [0.4, 0.5) is 28.4 Å². The summed E-state index contributed by atoms with van der Waals surface area (Å²) in [7, 11) is 0. The van der Waals surface area contributed by atoms with Crippen LogP contribution in [0.1, 0.15) is 51.9 Å². The van der Waals surface area contributed by atoms with Crippen LogP contribution in [0.2, 0.25) is 5.02 Å². The van der Waals surface area contributed by atoms with Crippen molar-refractivity contribution < 1.29 is 0 Å². The smallest absolute Gasteiger partial charge is 0.0714 e. The molecule has 1 N–H and O–H groups in total. The highest BCUT2D eigenvalue weighted by Gasteiger charge is 2.48. The Balaban J connectivity index is 0.000000126. The highest BCUT2D eigenvalue weighted by atomic mass is 35.5. The first-order valence-electron chi connectivity index (χ1n) is 42.2. The van der Waals surface area contributed by atoms with Gasteiger partial charge in [0, 0.05) is 66.4 Å². The van der Waals surface area contributed by atoms with Crippen LogP contribution >= 0.6 is 11.6 Å². The number of nitrogens with zero attached hydrogens (tertiary/aromatic N) is 3. The van der Waals surface area contributed by atoms with E-state index in [9.17, 15) is 0 Å². The van der Waals surface area contributed by atoms with Crippen molar-refractivity contribution in [2.75, 3.05) is 10.2 Å². The van der Waals surface area contributed by atoms with E-state index in [4.69, 9.17) is 11.6 Å². The molecule has 0 aliphatic heterocycles. The lowest BCUT2D eigenvalue weighted by molar-refractivity contribution is 0.769. The highest BCUT2D eigenvalue weighted by Crippen LogP contribution is 2.60. The quantitative estimate of drug-likeness (QED) is 0.124. The van der Waals surface area contributed by atoms with Gasteiger partial charge >= 0.3 is 0 Å². The number of hydrogen-bond acceptors (Lipinski definition) is 2. The number of fused-ring (bicyclic) bond motifs is 14. The van der Waals surface area contributed by atoms with E-state index in [1.807, 2.05) is 18.2 Å². The fraction of sp³-hybridized carbons (Fsp3) is 0.0252. The monoisotopic (exact) mass is 1600 g/mol. The van der Waals surface area contributed by atoms with Crippen LogP contribution in [0.3, 0.4) is 0 Å². The molecule has 5 heteroatoms. The predicted molar refractivity (Wildman–Crippen MR) is 525 cm³/mol. The summed E-state index contributed by atoms with van der Waals surface area (Å²) < 4.78 is 4.70. The maximum absolute atomic E-state index is 6.04. The van der Waals surface area contributed by atoms with Gasteiger partial charge in [-0.1, -0.05) is 347 Å². The van der Waals surface area contributed by atoms with Crippen LogP contribution < -0.4 is 10.2 Å². The molecular formula is C119H85ClN4. The summed E-state index contributed by atoms with van der Waals surface area (Å²) in [5.41, 5.74) is 32.0. The zero-order valence-corrected chi connectivity index (χ0v) is 68.2. The van der Waals surface area contributed by atoms with E-state index >= 15 is 0 Å². The van der Waals surface area contributed by atoms with E-state index in [1.54, 1.807) is 0 Å². The second kappa shape index (κ2) is 32.2. The largest absolute Gasteiger partial charge is 0.356 e. The molecule has 124 heavy (non-hydrogen) atoms. The van der Waals surface area contributed by atoms with Gasteiger partial charge in [-0.2, -0.15) is 0 Å². The normalized spacial score (nSPS) is 12.5. The SMILES string of the molecule is C.Clc1ccc(-c2ccc3c(c2)c2ccccc2n3-c2ccccc2)cc1.c1ccc(N(c2ccc(-c3ccc4c(c3)c3ccccc3n4-c3ccccc3)cc2)c2ccc3c(c2)C(c2ccccc2)(c2ccccc2)c2cc4ccccc4cc2-3)cc1.c1ccc(Nc2ccc3c(c2)C(c2ccccc2)(c2ccccc2)c2cc4ccccc4cc2-3)cc1. The van der Waals surface area contributed by atoms with Crippen molar-refractivity contribution in [2.45, 2.75) is 18.3 Å². The zero-order chi connectivity index (χ0) is 81.8. The summed E-state index contributed by atoms with van der Waals surface area (Å²) in [6, 6.07) is 176. The molecular weight excluding hydrogens is 1520 g/mol. The van der Waals surface area contributed by atoms with Crippen LogP contribution in [0.5, 0.6) is 0 Å². The van der Waals surface area contributed by atoms with E-state index < -0.39 is 10.8 Å². The number of rotatable bonds is 13. The lowest BCUT2D eigenvalue weighted by Crippen LogP contribution is -2.28. The molecule has 2 heterocycles. The molecule has 0 unspecified atom stereocenters.